The summed E-state index contributed by atoms with van der Waals surface area (Å²) < 4.78 is 29.7. The molecular weight excluding hydrogens is 244 g/mol. The fraction of sp³-hybridized carbons (Fsp3) is 0.500. The van der Waals surface area contributed by atoms with Gasteiger partial charge in [-0.15, -0.1) is 0 Å². The third-order valence-electron chi connectivity index (χ3n) is 2.20. The molecule has 0 saturated carbocycles. The highest BCUT2D eigenvalue weighted by molar-refractivity contribution is 7.99. The van der Waals surface area contributed by atoms with E-state index < -0.39 is 5.76 Å². The van der Waals surface area contributed by atoms with Crippen LogP contribution >= 0.6 is 11.8 Å². The van der Waals surface area contributed by atoms with Gasteiger partial charge in [0.25, 0.3) is 5.76 Å². The molecule has 1 rings (SSSR count). The monoisotopic (exact) mass is 261 g/mol. The van der Waals surface area contributed by atoms with Gasteiger partial charge in [-0.25, -0.2) is 0 Å². The van der Waals surface area contributed by atoms with Crippen molar-refractivity contribution in [3.63, 3.8) is 0 Å². The maximum absolute atomic E-state index is 12.3. The summed E-state index contributed by atoms with van der Waals surface area (Å²) in [7, 11) is 1.65. The minimum atomic E-state index is -2.39. The Balaban J connectivity index is 2.57. The maximum atomic E-state index is 12.3. The van der Waals surface area contributed by atoms with E-state index >= 15 is 0 Å². The fourth-order valence-electron chi connectivity index (χ4n) is 1.44. The molecule has 1 unspecified atom stereocenters. The summed E-state index contributed by atoms with van der Waals surface area (Å²) >= 11 is 0.563. The maximum Gasteiger partial charge on any atom is 0.288 e. The van der Waals surface area contributed by atoms with Gasteiger partial charge in [0, 0.05) is 24.2 Å². The van der Waals surface area contributed by atoms with Crippen LogP contribution in [-0.2, 0) is 4.74 Å². The fourth-order valence-corrected chi connectivity index (χ4v) is 2.06. The summed E-state index contributed by atoms with van der Waals surface area (Å²) in [5.41, 5.74) is 0.751. The van der Waals surface area contributed by atoms with Gasteiger partial charge in [0.05, 0.1) is 6.61 Å². The molecule has 1 atom stereocenters. The summed E-state index contributed by atoms with van der Waals surface area (Å²) in [5.74, 6) is -2.06. The van der Waals surface area contributed by atoms with Crippen molar-refractivity contribution < 1.29 is 13.5 Å². The zero-order valence-electron chi connectivity index (χ0n) is 9.95. The first-order chi connectivity index (χ1) is 8.13. The van der Waals surface area contributed by atoms with Gasteiger partial charge in [-0.1, -0.05) is 30.8 Å². The molecule has 96 valence electrons. The van der Waals surface area contributed by atoms with Crippen molar-refractivity contribution >= 4 is 17.4 Å². The molecule has 0 bridgehead atoms. The Kier molecular flexibility index (Phi) is 6.29. The second kappa shape index (κ2) is 7.50. The molecule has 1 aromatic rings. The van der Waals surface area contributed by atoms with Crippen LogP contribution in [0, 0.1) is 5.92 Å². The predicted molar refractivity (Wildman–Crippen MR) is 67.8 cm³/mol. The second-order valence-corrected chi connectivity index (χ2v) is 4.85. The van der Waals surface area contributed by atoms with Gasteiger partial charge >= 0.3 is 0 Å². The number of thioether (sulfide) groups is 1. The standard InChI is InChI=1S/C12H17F2NOS/c1-9(8-16-2)7-15-10-5-3-4-6-11(10)17-12(13)14/h3-6,9,12,15H,7-8H2,1-2H3. The molecule has 1 aromatic carbocycles. The SMILES string of the molecule is COCC(C)CNc1ccccc1SC(F)F. The first kappa shape index (κ1) is 14.3. The molecule has 5 heteroatoms. The average molecular weight is 261 g/mol. The molecule has 0 aromatic heterocycles. The molecule has 0 radical (unpaired) electrons. The normalized spacial score (nSPS) is 12.8. The Labute approximate surface area is 105 Å². The van der Waals surface area contributed by atoms with E-state index in [1.165, 1.54) is 0 Å². The number of benzene rings is 1. The molecule has 2 nitrogen and oxygen atoms in total. The van der Waals surface area contributed by atoms with Crippen LogP contribution in [0.3, 0.4) is 0 Å². The van der Waals surface area contributed by atoms with E-state index in [2.05, 4.69) is 5.32 Å². The minimum Gasteiger partial charge on any atom is -0.384 e. The van der Waals surface area contributed by atoms with Crippen molar-refractivity contribution in [2.75, 3.05) is 25.6 Å². The lowest BCUT2D eigenvalue weighted by Gasteiger charge is -2.15. The third kappa shape index (κ3) is 5.37. The molecule has 0 aliphatic carbocycles. The number of nitrogens with one attached hydrogen (secondary N) is 1. The topological polar surface area (TPSA) is 21.3 Å². The van der Waals surface area contributed by atoms with Gasteiger partial charge in [0.15, 0.2) is 0 Å². The third-order valence-corrected chi connectivity index (χ3v) is 2.98. The molecule has 0 aliphatic heterocycles. The lowest BCUT2D eigenvalue weighted by atomic mass is 10.2. The van der Waals surface area contributed by atoms with Crippen LogP contribution in [-0.4, -0.2) is 26.0 Å². The van der Waals surface area contributed by atoms with Gasteiger partial charge < -0.3 is 10.1 Å². The predicted octanol–water partition coefficient (Wildman–Crippen LogP) is 3.70. The van der Waals surface area contributed by atoms with E-state index in [1.807, 2.05) is 19.1 Å². The molecule has 17 heavy (non-hydrogen) atoms. The van der Waals surface area contributed by atoms with Crippen molar-refractivity contribution in [2.45, 2.75) is 17.6 Å². The van der Waals surface area contributed by atoms with Crippen LogP contribution in [0.15, 0.2) is 29.2 Å². The van der Waals surface area contributed by atoms with E-state index in [4.69, 9.17) is 4.74 Å². The highest BCUT2D eigenvalue weighted by atomic mass is 32.2. The smallest absolute Gasteiger partial charge is 0.288 e. The number of para-hydroxylation sites is 1. The number of ether oxygens (including phenoxy) is 1. The summed E-state index contributed by atoms with van der Waals surface area (Å²) in [4.78, 5) is 0.576. The molecular formula is C12H17F2NOS. The van der Waals surface area contributed by atoms with Gasteiger partial charge in [0.1, 0.15) is 0 Å². The second-order valence-electron chi connectivity index (χ2n) is 3.82. The van der Waals surface area contributed by atoms with Crippen molar-refractivity contribution in [2.24, 2.45) is 5.92 Å². The highest BCUT2D eigenvalue weighted by Crippen LogP contribution is 2.31. The molecule has 0 saturated heterocycles. The number of alkyl halides is 2. The summed E-state index contributed by atoms with van der Waals surface area (Å²) in [6.07, 6.45) is 0. The van der Waals surface area contributed by atoms with Crippen LogP contribution in [0.4, 0.5) is 14.5 Å². The van der Waals surface area contributed by atoms with Crippen LogP contribution in [0.25, 0.3) is 0 Å². The highest BCUT2D eigenvalue weighted by Gasteiger charge is 2.10. The molecule has 0 aliphatic rings. The van der Waals surface area contributed by atoms with Gasteiger partial charge in [-0.05, 0) is 18.1 Å². The van der Waals surface area contributed by atoms with E-state index in [-0.39, 0.29) is 0 Å². The summed E-state index contributed by atoms with van der Waals surface area (Å²) in [6, 6.07) is 7.09. The summed E-state index contributed by atoms with van der Waals surface area (Å²) in [5, 5.41) is 3.17. The zero-order valence-corrected chi connectivity index (χ0v) is 10.8. The number of rotatable bonds is 7. The van der Waals surface area contributed by atoms with Crippen molar-refractivity contribution in [3.8, 4) is 0 Å². The van der Waals surface area contributed by atoms with Gasteiger partial charge in [-0.2, -0.15) is 8.78 Å². The largest absolute Gasteiger partial charge is 0.384 e. The number of hydrogen-bond acceptors (Lipinski definition) is 3. The van der Waals surface area contributed by atoms with Crippen LogP contribution in [0.5, 0.6) is 0 Å². The van der Waals surface area contributed by atoms with E-state index in [1.54, 1.807) is 19.2 Å². The van der Waals surface area contributed by atoms with Crippen LogP contribution < -0.4 is 5.32 Å². The summed E-state index contributed by atoms with van der Waals surface area (Å²) in [6.45, 7) is 3.39. The Bertz CT molecular complexity index is 336. The Morgan fingerprint density at radius 3 is 2.71 bits per heavy atom. The van der Waals surface area contributed by atoms with Crippen LogP contribution in [0.2, 0.25) is 0 Å². The van der Waals surface area contributed by atoms with E-state index in [0.29, 0.717) is 35.7 Å². The molecule has 0 heterocycles. The Hall–Kier alpha value is -0.810. The Morgan fingerprint density at radius 2 is 2.06 bits per heavy atom. The lowest BCUT2D eigenvalue weighted by molar-refractivity contribution is 0.164. The average Bonchev–Trinajstić information content (AvgIpc) is 2.27. The lowest BCUT2D eigenvalue weighted by Crippen LogP contribution is -2.16. The first-order valence-electron chi connectivity index (χ1n) is 5.40. The van der Waals surface area contributed by atoms with E-state index in [9.17, 15) is 8.78 Å². The number of anilines is 1. The number of methoxy groups -OCH3 is 1. The molecule has 1 N–H and O–H groups in total. The van der Waals surface area contributed by atoms with Crippen molar-refractivity contribution in [1.29, 1.82) is 0 Å². The minimum absolute atomic E-state index is 0.338. The quantitative estimate of drug-likeness (QED) is 0.756. The Morgan fingerprint density at radius 1 is 1.35 bits per heavy atom. The molecule has 0 spiro atoms. The van der Waals surface area contributed by atoms with E-state index in [0.717, 1.165) is 5.69 Å². The van der Waals surface area contributed by atoms with Crippen molar-refractivity contribution in [3.05, 3.63) is 24.3 Å². The van der Waals surface area contributed by atoms with Crippen molar-refractivity contribution in [1.82, 2.24) is 0 Å². The van der Waals surface area contributed by atoms with Gasteiger partial charge in [0.2, 0.25) is 0 Å². The van der Waals surface area contributed by atoms with Gasteiger partial charge in [-0.3, -0.25) is 0 Å². The van der Waals surface area contributed by atoms with Crippen LogP contribution in [0.1, 0.15) is 6.92 Å². The first-order valence-corrected chi connectivity index (χ1v) is 6.28. The number of halogens is 2. The zero-order chi connectivity index (χ0) is 12.7. The molecule has 0 fully saturated rings. The number of hydrogen-bond donors (Lipinski definition) is 1. The molecule has 0 amide bonds.